The number of hydrogen-bond donors (Lipinski definition) is 1. The zero-order valence-corrected chi connectivity index (χ0v) is 19.9. The Bertz CT molecular complexity index is 1250. The first-order valence-corrected chi connectivity index (χ1v) is 12.5. The van der Waals surface area contributed by atoms with E-state index in [1.165, 1.54) is 36.4 Å². The fourth-order valence-corrected chi connectivity index (χ4v) is 4.30. The van der Waals surface area contributed by atoms with Crippen LogP contribution in [0.2, 0.25) is 0 Å². The van der Waals surface area contributed by atoms with Crippen molar-refractivity contribution in [3.8, 4) is 5.75 Å². The maximum atomic E-state index is 13.4. The smallest absolute Gasteiger partial charge is 0.251 e. The van der Waals surface area contributed by atoms with E-state index >= 15 is 0 Å². The number of rotatable bonds is 9. The second-order valence-electron chi connectivity index (χ2n) is 7.75. The van der Waals surface area contributed by atoms with Crippen molar-refractivity contribution in [3.05, 3.63) is 95.1 Å². The number of anilines is 1. The minimum atomic E-state index is -3.73. The molecular formula is C25H26F2N2O4S. The number of benzene rings is 3. The highest BCUT2D eigenvalue weighted by Crippen LogP contribution is 2.27. The summed E-state index contributed by atoms with van der Waals surface area (Å²) in [5.74, 6) is -0.800. The van der Waals surface area contributed by atoms with Gasteiger partial charge in [-0.15, -0.1) is 0 Å². The fraction of sp³-hybridized carbons (Fsp3) is 0.240. The van der Waals surface area contributed by atoms with Gasteiger partial charge in [0.05, 0.1) is 31.1 Å². The van der Waals surface area contributed by atoms with E-state index in [-0.39, 0.29) is 30.0 Å². The van der Waals surface area contributed by atoms with Gasteiger partial charge < -0.3 is 10.1 Å². The Morgan fingerprint density at radius 3 is 2.15 bits per heavy atom. The van der Waals surface area contributed by atoms with Crippen molar-refractivity contribution in [1.29, 1.82) is 0 Å². The molecule has 3 rings (SSSR count). The van der Waals surface area contributed by atoms with Crippen molar-refractivity contribution in [1.82, 2.24) is 5.32 Å². The number of carbonyl (C=O) groups is 1. The molecule has 9 heteroatoms. The van der Waals surface area contributed by atoms with E-state index in [1.807, 2.05) is 0 Å². The van der Waals surface area contributed by atoms with Gasteiger partial charge >= 0.3 is 0 Å². The van der Waals surface area contributed by atoms with Gasteiger partial charge in [-0.1, -0.05) is 12.1 Å². The minimum absolute atomic E-state index is 0.117. The van der Waals surface area contributed by atoms with Gasteiger partial charge in [0.1, 0.15) is 17.4 Å². The lowest BCUT2D eigenvalue weighted by Gasteiger charge is -2.24. The number of nitrogens with one attached hydrogen (secondary N) is 1. The SMILES string of the molecule is CCOc1ccc(C(=O)N[C@@H](C)c2ccc(F)cc2)cc1CN(c1ccc(F)cc1)S(C)(=O)=O. The van der Waals surface area contributed by atoms with Gasteiger partial charge in [-0.05, 0) is 74.0 Å². The molecule has 6 nitrogen and oxygen atoms in total. The molecule has 0 aliphatic rings. The van der Waals surface area contributed by atoms with Crippen molar-refractivity contribution in [2.45, 2.75) is 26.4 Å². The van der Waals surface area contributed by atoms with Gasteiger partial charge in [-0.2, -0.15) is 0 Å². The highest BCUT2D eigenvalue weighted by Gasteiger charge is 2.21. The van der Waals surface area contributed by atoms with Crippen LogP contribution in [-0.2, 0) is 16.6 Å². The van der Waals surface area contributed by atoms with Crippen molar-refractivity contribution < 1.29 is 26.7 Å². The van der Waals surface area contributed by atoms with Crippen LogP contribution in [0.5, 0.6) is 5.75 Å². The first kappa shape index (κ1) is 25.2. The number of halogens is 2. The van der Waals surface area contributed by atoms with Crippen LogP contribution >= 0.6 is 0 Å². The van der Waals surface area contributed by atoms with Crippen molar-refractivity contribution in [2.24, 2.45) is 0 Å². The number of nitrogens with zero attached hydrogens (tertiary/aromatic N) is 1. The molecule has 0 bridgehead atoms. The van der Waals surface area contributed by atoms with Crippen LogP contribution in [0, 0.1) is 11.6 Å². The van der Waals surface area contributed by atoms with Crippen LogP contribution in [0.1, 0.15) is 41.4 Å². The first-order chi connectivity index (χ1) is 16.1. The Labute approximate surface area is 198 Å². The molecule has 0 spiro atoms. The predicted octanol–water partition coefficient (Wildman–Crippen LogP) is 4.82. The fourth-order valence-electron chi connectivity index (χ4n) is 3.42. The lowest BCUT2D eigenvalue weighted by molar-refractivity contribution is 0.0939. The van der Waals surface area contributed by atoms with E-state index in [1.54, 1.807) is 44.2 Å². The molecule has 0 saturated carbocycles. The molecule has 180 valence electrons. The molecule has 1 N–H and O–H groups in total. The van der Waals surface area contributed by atoms with Crippen LogP contribution in [0.15, 0.2) is 66.7 Å². The van der Waals surface area contributed by atoms with Crippen molar-refractivity contribution >= 4 is 21.6 Å². The summed E-state index contributed by atoms with van der Waals surface area (Å²) in [5, 5.41) is 2.86. The van der Waals surface area contributed by atoms with Crippen LogP contribution in [0.25, 0.3) is 0 Å². The van der Waals surface area contributed by atoms with Gasteiger partial charge in [0.2, 0.25) is 10.0 Å². The number of amides is 1. The molecule has 1 amide bonds. The third kappa shape index (κ3) is 6.32. The molecule has 0 heterocycles. The standard InChI is InChI=1S/C25H26F2N2O4S/c1-4-33-24-14-7-19(25(30)28-17(2)18-5-8-21(26)9-6-18)15-20(24)16-29(34(3,31)32)23-12-10-22(27)11-13-23/h5-15,17H,4,16H2,1-3H3,(H,28,30)/t17-/m0/s1. The van der Waals surface area contributed by atoms with E-state index < -0.39 is 15.8 Å². The highest BCUT2D eigenvalue weighted by atomic mass is 32.2. The molecule has 34 heavy (non-hydrogen) atoms. The van der Waals surface area contributed by atoms with Crippen LogP contribution < -0.4 is 14.4 Å². The van der Waals surface area contributed by atoms with Gasteiger partial charge in [0.25, 0.3) is 5.91 Å². The average molecular weight is 489 g/mol. The summed E-state index contributed by atoms with van der Waals surface area (Å²) >= 11 is 0. The number of carbonyl (C=O) groups excluding carboxylic acids is 1. The normalized spacial score (nSPS) is 12.1. The van der Waals surface area contributed by atoms with E-state index in [0.29, 0.717) is 23.5 Å². The zero-order chi connectivity index (χ0) is 24.9. The van der Waals surface area contributed by atoms with Crippen molar-refractivity contribution in [2.75, 3.05) is 17.2 Å². The van der Waals surface area contributed by atoms with Crippen molar-refractivity contribution in [3.63, 3.8) is 0 Å². The minimum Gasteiger partial charge on any atom is -0.494 e. The van der Waals surface area contributed by atoms with E-state index in [2.05, 4.69) is 5.32 Å². The van der Waals surface area contributed by atoms with Crippen LogP contribution in [0.4, 0.5) is 14.5 Å². The molecule has 0 unspecified atom stereocenters. The second-order valence-corrected chi connectivity index (χ2v) is 9.66. The van der Waals surface area contributed by atoms with E-state index in [4.69, 9.17) is 4.74 Å². The van der Waals surface area contributed by atoms with E-state index in [9.17, 15) is 22.0 Å². The van der Waals surface area contributed by atoms with E-state index in [0.717, 1.165) is 16.1 Å². The lowest BCUT2D eigenvalue weighted by Crippen LogP contribution is -2.30. The maximum Gasteiger partial charge on any atom is 0.251 e. The first-order valence-electron chi connectivity index (χ1n) is 10.6. The number of ether oxygens (including phenoxy) is 1. The number of sulfonamides is 1. The summed E-state index contributed by atoms with van der Waals surface area (Å²) < 4.78 is 58.4. The third-order valence-corrected chi connectivity index (χ3v) is 6.31. The van der Waals surface area contributed by atoms with Gasteiger partial charge in [-0.25, -0.2) is 17.2 Å². The quantitative estimate of drug-likeness (QED) is 0.469. The lowest BCUT2D eigenvalue weighted by atomic mass is 10.1. The Morgan fingerprint density at radius 1 is 1.00 bits per heavy atom. The summed E-state index contributed by atoms with van der Waals surface area (Å²) in [6.45, 7) is 3.80. The van der Waals surface area contributed by atoms with Gasteiger partial charge in [0.15, 0.2) is 0 Å². The highest BCUT2D eigenvalue weighted by molar-refractivity contribution is 7.92. The second kappa shape index (κ2) is 10.6. The Hall–Kier alpha value is -3.46. The summed E-state index contributed by atoms with van der Waals surface area (Å²) in [5.41, 5.74) is 1.80. The largest absolute Gasteiger partial charge is 0.494 e. The number of hydrogen-bond acceptors (Lipinski definition) is 4. The molecule has 0 radical (unpaired) electrons. The molecule has 0 fully saturated rings. The molecule has 0 aromatic heterocycles. The van der Waals surface area contributed by atoms with Crippen LogP contribution in [-0.4, -0.2) is 27.2 Å². The Morgan fingerprint density at radius 2 is 1.59 bits per heavy atom. The topological polar surface area (TPSA) is 75.7 Å². The van der Waals surface area contributed by atoms with Crippen LogP contribution in [0.3, 0.4) is 0 Å². The molecule has 0 aliphatic carbocycles. The van der Waals surface area contributed by atoms with Gasteiger partial charge in [0, 0.05) is 11.1 Å². The molecule has 3 aromatic rings. The summed E-state index contributed by atoms with van der Waals surface area (Å²) in [6, 6.07) is 15.3. The maximum absolute atomic E-state index is 13.4. The zero-order valence-electron chi connectivity index (χ0n) is 19.1. The average Bonchev–Trinajstić information content (AvgIpc) is 2.79. The summed E-state index contributed by atoms with van der Waals surface area (Å²) in [7, 11) is -3.73. The Balaban J connectivity index is 1.90. The molecule has 1 atom stereocenters. The summed E-state index contributed by atoms with van der Waals surface area (Å²) in [4.78, 5) is 12.9. The Kier molecular flexibility index (Phi) is 7.88. The monoisotopic (exact) mass is 488 g/mol. The molecular weight excluding hydrogens is 462 g/mol. The third-order valence-electron chi connectivity index (χ3n) is 5.17. The molecule has 0 aliphatic heterocycles. The van der Waals surface area contributed by atoms with Gasteiger partial charge in [-0.3, -0.25) is 9.10 Å². The predicted molar refractivity (Wildman–Crippen MR) is 127 cm³/mol. The molecule has 0 saturated heterocycles. The molecule has 3 aromatic carbocycles. The summed E-state index contributed by atoms with van der Waals surface area (Å²) in [6.07, 6.45) is 1.05.